The van der Waals surface area contributed by atoms with E-state index in [1.165, 1.54) is 0 Å². The molecule has 3 heterocycles. The first-order valence-corrected chi connectivity index (χ1v) is 8.75. The summed E-state index contributed by atoms with van der Waals surface area (Å²) in [7, 11) is 0. The Balaban J connectivity index is 1.50. The molecule has 1 atom stereocenters. The second-order valence-electron chi connectivity index (χ2n) is 6.66. The highest BCUT2D eigenvalue weighted by molar-refractivity contribution is 5.89. The lowest BCUT2D eigenvalue weighted by atomic mass is 9.86. The van der Waals surface area contributed by atoms with Crippen LogP contribution >= 0.6 is 0 Å². The normalized spacial score (nSPS) is 16.6. The Morgan fingerprint density at radius 1 is 1.40 bits per heavy atom. The summed E-state index contributed by atoms with van der Waals surface area (Å²) in [4.78, 5) is 18.5. The average Bonchev–Trinajstić information content (AvgIpc) is 3.08. The van der Waals surface area contributed by atoms with Crippen LogP contribution in [-0.4, -0.2) is 50.5 Å². The van der Waals surface area contributed by atoms with Crippen molar-refractivity contribution in [3.05, 3.63) is 42.5 Å². The van der Waals surface area contributed by atoms with Crippen LogP contribution in [0.1, 0.15) is 25.5 Å². The number of carbonyl (C=O) groups is 1. The second kappa shape index (κ2) is 8.11. The van der Waals surface area contributed by atoms with Crippen molar-refractivity contribution in [1.82, 2.24) is 19.7 Å². The van der Waals surface area contributed by atoms with Crippen LogP contribution in [0.5, 0.6) is 0 Å². The molecule has 1 saturated heterocycles. The highest BCUT2D eigenvalue weighted by Gasteiger charge is 2.26. The van der Waals surface area contributed by atoms with Crippen molar-refractivity contribution in [2.75, 3.05) is 25.0 Å². The van der Waals surface area contributed by atoms with E-state index in [-0.39, 0.29) is 12.6 Å². The molecule has 0 saturated carbocycles. The lowest BCUT2D eigenvalue weighted by Gasteiger charge is -2.34. The van der Waals surface area contributed by atoms with Gasteiger partial charge in [0.15, 0.2) is 0 Å². The summed E-state index contributed by atoms with van der Waals surface area (Å²) in [5.74, 6) is 0.796. The van der Waals surface area contributed by atoms with Gasteiger partial charge in [-0.15, -0.1) is 0 Å². The van der Waals surface area contributed by atoms with E-state index in [9.17, 15) is 9.90 Å². The van der Waals surface area contributed by atoms with Crippen molar-refractivity contribution in [2.45, 2.75) is 26.3 Å². The molecule has 0 radical (unpaired) electrons. The molecular formula is C18H25N5O2. The summed E-state index contributed by atoms with van der Waals surface area (Å²) in [6, 6.07) is 5.67. The number of pyridine rings is 1. The number of hydrogen-bond acceptors (Lipinski definition) is 4. The zero-order valence-electron chi connectivity index (χ0n) is 14.5. The van der Waals surface area contributed by atoms with Gasteiger partial charge in [-0.1, -0.05) is 13.0 Å². The molecule has 7 nitrogen and oxygen atoms in total. The van der Waals surface area contributed by atoms with E-state index in [1.54, 1.807) is 17.1 Å². The molecule has 2 amide bonds. The van der Waals surface area contributed by atoms with E-state index >= 15 is 0 Å². The Kier molecular flexibility index (Phi) is 5.65. The number of likely N-dealkylation sites (tertiary alicyclic amines) is 1. The molecule has 0 aromatic carbocycles. The first-order chi connectivity index (χ1) is 12.2. The van der Waals surface area contributed by atoms with Crippen LogP contribution in [0.3, 0.4) is 0 Å². The smallest absolute Gasteiger partial charge is 0.321 e. The fourth-order valence-electron chi connectivity index (χ4n) is 3.20. The number of anilines is 1. The van der Waals surface area contributed by atoms with Gasteiger partial charge in [-0.25, -0.2) is 4.79 Å². The third-order valence-electron chi connectivity index (χ3n) is 4.85. The van der Waals surface area contributed by atoms with Gasteiger partial charge in [-0.3, -0.25) is 9.67 Å². The summed E-state index contributed by atoms with van der Waals surface area (Å²) < 4.78 is 1.76. The minimum absolute atomic E-state index is 0.0903. The van der Waals surface area contributed by atoms with Gasteiger partial charge in [0, 0.05) is 32.1 Å². The number of piperidine rings is 1. The number of aliphatic hydroxyl groups is 1. The predicted octanol–water partition coefficient (Wildman–Crippen LogP) is 2.20. The number of nitrogens with zero attached hydrogens (tertiary/aromatic N) is 4. The monoisotopic (exact) mass is 343 g/mol. The van der Waals surface area contributed by atoms with Gasteiger partial charge in [0.25, 0.3) is 0 Å². The molecule has 2 aromatic heterocycles. The lowest BCUT2D eigenvalue weighted by Crippen LogP contribution is -2.42. The van der Waals surface area contributed by atoms with Crippen LogP contribution in [0.15, 0.2) is 36.8 Å². The largest absolute Gasteiger partial charge is 0.396 e. The van der Waals surface area contributed by atoms with Gasteiger partial charge in [0.05, 0.1) is 24.1 Å². The third-order valence-corrected chi connectivity index (χ3v) is 4.85. The summed E-state index contributed by atoms with van der Waals surface area (Å²) in [5.41, 5.74) is 1.61. The molecule has 7 heteroatoms. The van der Waals surface area contributed by atoms with Crippen molar-refractivity contribution in [1.29, 1.82) is 0 Å². The number of amides is 2. The van der Waals surface area contributed by atoms with Gasteiger partial charge >= 0.3 is 6.03 Å². The van der Waals surface area contributed by atoms with Gasteiger partial charge in [0.2, 0.25) is 0 Å². The molecule has 2 aromatic rings. The van der Waals surface area contributed by atoms with Crippen molar-refractivity contribution >= 4 is 11.7 Å². The van der Waals surface area contributed by atoms with Crippen LogP contribution < -0.4 is 5.32 Å². The number of urea groups is 1. The molecule has 0 bridgehead atoms. The second-order valence-corrected chi connectivity index (χ2v) is 6.66. The Labute approximate surface area is 147 Å². The standard InChI is InChI=1S/C18H25N5O2/c1-14(13-24)15-5-8-22(9-6-15)18(25)21-17-10-20-23(12-17)11-16-4-2-3-7-19-16/h2-4,7,10,12,14-15,24H,5-6,8-9,11,13H2,1H3,(H,21,25). The van der Waals surface area contributed by atoms with E-state index in [1.807, 2.05) is 29.3 Å². The summed E-state index contributed by atoms with van der Waals surface area (Å²) in [6.07, 6.45) is 7.10. The maximum absolute atomic E-state index is 12.4. The van der Waals surface area contributed by atoms with E-state index in [0.717, 1.165) is 31.6 Å². The summed E-state index contributed by atoms with van der Waals surface area (Å²) in [6.45, 7) is 4.30. The molecule has 0 spiro atoms. The van der Waals surface area contributed by atoms with E-state index < -0.39 is 0 Å². The van der Waals surface area contributed by atoms with Crippen LogP contribution in [-0.2, 0) is 6.54 Å². The van der Waals surface area contributed by atoms with Crippen molar-refractivity contribution < 1.29 is 9.90 Å². The zero-order valence-corrected chi connectivity index (χ0v) is 14.5. The van der Waals surface area contributed by atoms with E-state index in [2.05, 4.69) is 22.3 Å². The number of carbonyl (C=O) groups excluding carboxylic acids is 1. The Morgan fingerprint density at radius 3 is 2.88 bits per heavy atom. The zero-order chi connectivity index (χ0) is 17.6. The fraction of sp³-hybridized carbons (Fsp3) is 0.500. The number of aliphatic hydroxyl groups excluding tert-OH is 1. The number of nitrogens with one attached hydrogen (secondary N) is 1. The quantitative estimate of drug-likeness (QED) is 0.872. The number of aromatic nitrogens is 3. The predicted molar refractivity (Wildman–Crippen MR) is 95.1 cm³/mol. The maximum atomic E-state index is 12.4. The first kappa shape index (κ1) is 17.4. The fourth-order valence-corrected chi connectivity index (χ4v) is 3.20. The Morgan fingerprint density at radius 2 is 2.20 bits per heavy atom. The van der Waals surface area contributed by atoms with Crippen LogP contribution in [0.4, 0.5) is 10.5 Å². The molecule has 25 heavy (non-hydrogen) atoms. The summed E-state index contributed by atoms with van der Waals surface area (Å²) in [5, 5.41) is 16.4. The van der Waals surface area contributed by atoms with Crippen molar-refractivity contribution in [2.24, 2.45) is 11.8 Å². The molecule has 1 aliphatic heterocycles. The third kappa shape index (κ3) is 4.57. The first-order valence-electron chi connectivity index (χ1n) is 8.75. The minimum atomic E-state index is -0.0903. The molecule has 1 unspecified atom stereocenters. The highest BCUT2D eigenvalue weighted by Crippen LogP contribution is 2.25. The van der Waals surface area contributed by atoms with Crippen LogP contribution in [0.2, 0.25) is 0 Å². The molecule has 0 aliphatic carbocycles. The molecule has 2 N–H and O–H groups in total. The van der Waals surface area contributed by atoms with E-state index in [0.29, 0.717) is 24.1 Å². The van der Waals surface area contributed by atoms with Gasteiger partial charge in [-0.2, -0.15) is 5.10 Å². The maximum Gasteiger partial charge on any atom is 0.321 e. The Bertz CT molecular complexity index is 680. The van der Waals surface area contributed by atoms with E-state index in [4.69, 9.17) is 0 Å². The van der Waals surface area contributed by atoms with Gasteiger partial charge in [0.1, 0.15) is 0 Å². The van der Waals surface area contributed by atoms with Crippen LogP contribution in [0, 0.1) is 11.8 Å². The number of hydrogen-bond donors (Lipinski definition) is 2. The molecular weight excluding hydrogens is 318 g/mol. The van der Waals surface area contributed by atoms with Gasteiger partial charge < -0.3 is 15.3 Å². The summed E-state index contributed by atoms with van der Waals surface area (Å²) >= 11 is 0. The molecule has 1 aliphatic rings. The molecule has 3 rings (SSSR count). The van der Waals surface area contributed by atoms with Crippen molar-refractivity contribution in [3.8, 4) is 0 Å². The lowest BCUT2D eigenvalue weighted by molar-refractivity contribution is 0.128. The minimum Gasteiger partial charge on any atom is -0.396 e. The van der Waals surface area contributed by atoms with Gasteiger partial charge in [-0.05, 0) is 36.8 Å². The SMILES string of the molecule is CC(CO)C1CCN(C(=O)Nc2cnn(Cc3ccccn3)c2)CC1. The highest BCUT2D eigenvalue weighted by atomic mass is 16.3. The van der Waals surface area contributed by atoms with Crippen LogP contribution in [0.25, 0.3) is 0 Å². The number of rotatable bonds is 5. The molecule has 1 fully saturated rings. The Hall–Kier alpha value is -2.41. The topological polar surface area (TPSA) is 83.3 Å². The average molecular weight is 343 g/mol. The molecule has 134 valence electrons. The van der Waals surface area contributed by atoms with Crippen molar-refractivity contribution in [3.63, 3.8) is 0 Å².